The Balaban J connectivity index is 1.90. The van der Waals surface area contributed by atoms with Crippen molar-refractivity contribution in [3.63, 3.8) is 0 Å². The summed E-state index contributed by atoms with van der Waals surface area (Å²) in [5.74, 6) is 0. The van der Waals surface area contributed by atoms with Gasteiger partial charge in [0, 0.05) is 4.88 Å². The summed E-state index contributed by atoms with van der Waals surface area (Å²) in [7, 11) is -3.41. The van der Waals surface area contributed by atoms with E-state index in [0.717, 1.165) is 23.3 Å². The number of hydrogen-bond donors (Lipinski definition) is 1. The molecular weight excluding hydrogens is 278 g/mol. The highest BCUT2D eigenvalue weighted by Gasteiger charge is 2.47. The lowest BCUT2D eigenvalue weighted by molar-refractivity contribution is 0.553. The molecule has 1 heterocycles. The highest BCUT2D eigenvalue weighted by atomic mass is 32.2. The Morgan fingerprint density at radius 3 is 2.32 bits per heavy atom. The monoisotopic (exact) mass is 293 g/mol. The number of rotatable bonds is 4. The van der Waals surface area contributed by atoms with Crippen molar-refractivity contribution in [2.75, 3.05) is 0 Å². The number of sulfonamides is 1. The third-order valence-electron chi connectivity index (χ3n) is 3.39. The zero-order valence-electron chi connectivity index (χ0n) is 10.6. The lowest BCUT2D eigenvalue weighted by atomic mass is 10.1. The molecule has 3 rings (SSSR count). The zero-order chi connectivity index (χ0) is 13.5. The Bertz CT molecular complexity index is 685. The van der Waals surface area contributed by atoms with E-state index in [1.165, 1.54) is 11.3 Å². The molecule has 1 saturated carbocycles. The lowest BCUT2D eigenvalue weighted by Crippen LogP contribution is -2.34. The van der Waals surface area contributed by atoms with Gasteiger partial charge >= 0.3 is 0 Å². The maximum absolute atomic E-state index is 12.4. The fraction of sp³-hybridized carbons (Fsp3) is 0.286. The first-order chi connectivity index (χ1) is 9.02. The van der Waals surface area contributed by atoms with Gasteiger partial charge in [0.05, 0.1) is 5.54 Å². The Labute approximate surface area is 117 Å². The van der Waals surface area contributed by atoms with Gasteiger partial charge in [0.15, 0.2) is 0 Å². The second-order valence-electron chi connectivity index (χ2n) is 4.92. The average Bonchev–Trinajstić information content (AvgIpc) is 3.02. The van der Waals surface area contributed by atoms with Gasteiger partial charge in [-0.05, 0) is 37.5 Å². The van der Waals surface area contributed by atoms with E-state index in [-0.39, 0.29) is 0 Å². The molecule has 2 aromatic rings. The molecule has 0 amide bonds. The fourth-order valence-electron chi connectivity index (χ4n) is 2.20. The standard InChI is InChI=1S/C14H15NO2S2/c1-11-7-8-13(18-11)19(16,17)15-14(9-10-14)12-5-3-2-4-6-12/h2-8,15H,9-10H2,1H3. The third kappa shape index (κ3) is 2.45. The quantitative estimate of drug-likeness (QED) is 0.942. The van der Waals surface area contributed by atoms with Gasteiger partial charge in [0.25, 0.3) is 10.0 Å². The molecule has 0 spiro atoms. The summed E-state index contributed by atoms with van der Waals surface area (Å²) in [6, 6.07) is 13.3. The van der Waals surface area contributed by atoms with Crippen LogP contribution in [-0.4, -0.2) is 8.42 Å². The molecule has 1 N–H and O–H groups in total. The Hall–Kier alpha value is -1.17. The molecular formula is C14H15NO2S2. The first kappa shape index (κ1) is 12.8. The summed E-state index contributed by atoms with van der Waals surface area (Å²) in [5, 5.41) is 0. The minimum absolute atomic E-state index is 0.391. The molecule has 19 heavy (non-hydrogen) atoms. The van der Waals surface area contributed by atoms with Crippen molar-refractivity contribution in [3.8, 4) is 0 Å². The normalized spacial score (nSPS) is 17.3. The van der Waals surface area contributed by atoms with Gasteiger partial charge in [-0.15, -0.1) is 11.3 Å². The molecule has 0 saturated heterocycles. The summed E-state index contributed by atoms with van der Waals surface area (Å²) in [5.41, 5.74) is 0.657. The number of thiophene rings is 1. The van der Waals surface area contributed by atoms with Gasteiger partial charge in [-0.2, -0.15) is 4.72 Å². The Morgan fingerprint density at radius 2 is 1.79 bits per heavy atom. The molecule has 3 nitrogen and oxygen atoms in total. The highest BCUT2D eigenvalue weighted by molar-refractivity contribution is 7.91. The van der Waals surface area contributed by atoms with Crippen molar-refractivity contribution in [1.29, 1.82) is 0 Å². The van der Waals surface area contributed by atoms with E-state index in [1.807, 2.05) is 43.3 Å². The van der Waals surface area contributed by atoms with Crippen LogP contribution in [0.15, 0.2) is 46.7 Å². The molecule has 1 aliphatic rings. The van der Waals surface area contributed by atoms with Crippen molar-refractivity contribution in [2.45, 2.75) is 29.5 Å². The first-order valence-electron chi connectivity index (χ1n) is 6.18. The van der Waals surface area contributed by atoms with E-state index in [1.54, 1.807) is 6.07 Å². The summed E-state index contributed by atoms with van der Waals surface area (Å²) in [4.78, 5) is 1.00. The highest BCUT2D eigenvalue weighted by Crippen LogP contribution is 2.46. The Morgan fingerprint density at radius 1 is 1.11 bits per heavy atom. The van der Waals surface area contributed by atoms with Gasteiger partial charge in [0.1, 0.15) is 4.21 Å². The van der Waals surface area contributed by atoms with Crippen molar-refractivity contribution >= 4 is 21.4 Å². The van der Waals surface area contributed by atoms with Crippen LogP contribution in [0.1, 0.15) is 23.3 Å². The maximum atomic E-state index is 12.4. The van der Waals surface area contributed by atoms with E-state index in [9.17, 15) is 8.42 Å². The van der Waals surface area contributed by atoms with Crippen LogP contribution in [0.2, 0.25) is 0 Å². The van der Waals surface area contributed by atoms with Crippen molar-refractivity contribution in [1.82, 2.24) is 4.72 Å². The van der Waals surface area contributed by atoms with Crippen molar-refractivity contribution in [2.24, 2.45) is 0 Å². The minimum Gasteiger partial charge on any atom is -0.206 e. The van der Waals surface area contributed by atoms with Crippen LogP contribution in [0, 0.1) is 6.92 Å². The fourth-order valence-corrected chi connectivity index (χ4v) is 4.93. The molecule has 0 unspecified atom stereocenters. The smallest absolute Gasteiger partial charge is 0.206 e. The van der Waals surface area contributed by atoms with E-state index in [4.69, 9.17) is 0 Å². The summed E-state index contributed by atoms with van der Waals surface area (Å²) in [6.45, 7) is 1.91. The van der Waals surface area contributed by atoms with E-state index in [0.29, 0.717) is 4.21 Å². The second-order valence-corrected chi connectivity index (χ2v) is 8.12. The number of benzene rings is 1. The molecule has 0 aliphatic heterocycles. The number of aryl methyl sites for hydroxylation is 1. The molecule has 5 heteroatoms. The van der Waals surface area contributed by atoms with Crippen molar-refractivity contribution < 1.29 is 8.42 Å². The number of hydrogen-bond acceptors (Lipinski definition) is 3. The number of nitrogens with one attached hydrogen (secondary N) is 1. The van der Waals surface area contributed by atoms with Gasteiger partial charge in [-0.25, -0.2) is 8.42 Å². The van der Waals surface area contributed by atoms with Crippen LogP contribution in [-0.2, 0) is 15.6 Å². The summed E-state index contributed by atoms with van der Waals surface area (Å²) in [6.07, 6.45) is 1.72. The summed E-state index contributed by atoms with van der Waals surface area (Å²) < 4.78 is 28.0. The van der Waals surface area contributed by atoms with E-state index in [2.05, 4.69) is 4.72 Å². The van der Waals surface area contributed by atoms with Crippen molar-refractivity contribution in [3.05, 3.63) is 52.9 Å². The first-order valence-corrected chi connectivity index (χ1v) is 8.48. The van der Waals surface area contributed by atoms with Crippen LogP contribution in [0.3, 0.4) is 0 Å². The topological polar surface area (TPSA) is 46.2 Å². The van der Waals surface area contributed by atoms with Gasteiger partial charge in [0.2, 0.25) is 0 Å². The molecule has 1 aromatic carbocycles. The molecule has 1 fully saturated rings. The van der Waals surface area contributed by atoms with Gasteiger partial charge in [-0.1, -0.05) is 30.3 Å². The predicted octanol–water partition coefficient (Wildman–Crippen LogP) is 3.02. The molecule has 100 valence electrons. The molecule has 0 radical (unpaired) electrons. The average molecular weight is 293 g/mol. The summed E-state index contributed by atoms with van der Waals surface area (Å²) >= 11 is 1.31. The van der Waals surface area contributed by atoms with Crippen LogP contribution >= 0.6 is 11.3 Å². The van der Waals surface area contributed by atoms with E-state index >= 15 is 0 Å². The largest absolute Gasteiger partial charge is 0.250 e. The van der Waals surface area contributed by atoms with Gasteiger partial charge < -0.3 is 0 Å². The van der Waals surface area contributed by atoms with E-state index < -0.39 is 15.6 Å². The Kier molecular flexibility index (Phi) is 3.00. The molecule has 0 bridgehead atoms. The second kappa shape index (κ2) is 4.44. The molecule has 1 aliphatic carbocycles. The molecule has 1 aromatic heterocycles. The lowest BCUT2D eigenvalue weighted by Gasteiger charge is -2.17. The SMILES string of the molecule is Cc1ccc(S(=O)(=O)NC2(c3ccccc3)CC2)s1. The minimum atomic E-state index is -3.41. The third-order valence-corrected chi connectivity index (χ3v) is 6.42. The van der Waals surface area contributed by atoms with Crippen LogP contribution < -0.4 is 4.72 Å². The van der Waals surface area contributed by atoms with Crippen LogP contribution in [0.5, 0.6) is 0 Å². The zero-order valence-corrected chi connectivity index (χ0v) is 12.2. The van der Waals surface area contributed by atoms with Gasteiger partial charge in [-0.3, -0.25) is 0 Å². The maximum Gasteiger partial charge on any atom is 0.250 e. The predicted molar refractivity (Wildman–Crippen MR) is 76.7 cm³/mol. The molecule has 0 atom stereocenters. The van der Waals surface area contributed by atoms with Crippen LogP contribution in [0.4, 0.5) is 0 Å². The van der Waals surface area contributed by atoms with Crippen LogP contribution in [0.25, 0.3) is 0 Å².